The number of nitrogens with one attached hydrogen (secondary N) is 1. The largest absolute Gasteiger partial charge is 0.496 e. The first-order valence-corrected chi connectivity index (χ1v) is 11.8. The Morgan fingerprint density at radius 3 is 2.56 bits per heavy atom. The van der Waals surface area contributed by atoms with Crippen LogP contribution in [0.25, 0.3) is 0 Å². The van der Waals surface area contributed by atoms with E-state index in [1.165, 1.54) is 49.6 Å². The first kappa shape index (κ1) is 23.5. The van der Waals surface area contributed by atoms with Crippen molar-refractivity contribution < 1.29 is 32.2 Å². The number of carbonyl (C=O) groups excluding carboxylic acids is 1. The summed E-state index contributed by atoms with van der Waals surface area (Å²) in [6.07, 6.45) is 0.348. The van der Waals surface area contributed by atoms with E-state index in [2.05, 4.69) is 5.32 Å². The van der Waals surface area contributed by atoms with E-state index in [4.69, 9.17) is 21.4 Å². The lowest BCUT2D eigenvalue weighted by molar-refractivity contribution is 0.0697. The smallest absolute Gasteiger partial charge is 0.337 e. The van der Waals surface area contributed by atoms with Gasteiger partial charge in [0.15, 0.2) is 0 Å². The summed E-state index contributed by atoms with van der Waals surface area (Å²) < 4.78 is 46.6. The van der Waals surface area contributed by atoms with Crippen molar-refractivity contribution in [3.05, 3.63) is 82.1 Å². The summed E-state index contributed by atoms with van der Waals surface area (Å²) in [6.45, 7) is 0.0991. The molecule has 0 radical (unpaired) electrons. The zero-order chi connectivity index (χ0) is 24.6. The topological polar surface area (TPSA) is 113 Å². The van der Waals surface area contributed by atoms with Gasteiger partial charge in [0.1, 0.15) is 11.6 Å². The molecule has 0 spiro atoms. The van der Waals surface area contributed by atoms with Crippen molar-refractivity contribution in [3.8, 4) is 5.75 Å². The lowest BCUT2D eigenvalue weighted by Crippen LogP contribution is -2.29. The molecule has 0 fully saturated rings. The zero-order valence-electron chi connectivity index (χ0n) is 17.7. The van der Waals surface area contributed by atoms with Gasteiger partial charge >= 0.3 is 5.97 Å². The van der Waals surface area contributed by atoms with Crippen molar-refractivity contribution in [2.24, 2.45) is 0 Å². The summed E-state index contributed by atoms with van der Waals surface area (Å²) >= 11 is 5.96. The average Bonchev–Trinajstić information content (AvgIpc) is 3.23. The van der Waals surface area contributed by atoms with Gasteiger partial charge in [0.25, 0.3) is 15.9 Å². The molecule has 2 N–H and O–H groups in total. The van der Waals surface area contributed by atoms with Gasteiger partial charge in [0.05, 0.1) is 28.3 Å². The van der Waals surface area contributed by atoms with Crippen LogP contribution in [0.5, 0.6) is 5.75 Å². The molecule has 0 saturated carbocycles. The summed E-state index contributed by atoms with van der Waals surface area (Å²) in [6, 6.07) is 11.6. The van der Waals surface area contributed by atoms with E-state index in [1.807, 2.05) is 0 Å². The third-order valence-corrected chi connectivity index (χ3v) is 7.46. The maximum Gasteiger partial charge on any atom is 0.337 e. The monoisotopic (exact) mass is 504 g/mol. The van der Waals surface area contributed by atoms with Gasteiger partial charge in [-0.1, -0.05) is 17.7 Å². The number of benzene rings is 3. The van der Waals surface area contributed by atoms with E-state index < -0.39 is 27.7 Å². The maximum absolute atomic E-state index is 13.7. The van der Waals surface area contributed by atoms with Crippen molar-refractivity contribution in [2.45, 2.75) is 11.3 Å². The van der Waals surface area contributed by atoms with Crippen LogP contribution in [0, 0.1) is 5.82 Å². The average molecular weight is 505 g/mol. The van der Waals surface area contributed by atoms with Crippen LogP contribution in [-0.2, 0) is 16.4 Å². The zero-order valence-corrected chi connectivity index (χ0v) is 19.3. The number of amides is 1. The molecule has 0 bridgehead atoms. The standard InChI is InChI=1S/C23H18ClFN2O6S/c1-33-21-10-13(22(28)26-15-5-6-17(23(29)30)19(24)12-15)9-20-18(21)7-8-27(20)34(31,32)16-4-2-3-14(25)11-16/h2-6,9-12H,7-8H2,1H3,(H,26,28)(H,29,30). The number of aromatic carboxylic acids is 1. The van der Waals surface area contributed by atoms with Crippen LogP contribution in [0.3, 0.4) is 0 Å². The van der Waals surface area contributed by atoms with Gasteiger partial charge in [-0.05, 0) is 55.0 Å². The number of carboxylic acid groups (broad SMARTS) is 1. The Morgan fingerprint density at radius 1 is 1.15 bits per heavy atom. The lowest BCUT2D eigenvalue weighted by atomic mass is 10.1. The number of carbonyl (C=O) groups is 2. The molecule has 0 saturated heterocycles. The first-order chi connectivity index (χ1) is 16.1. The Kier molecular flexibility index (Phi) is 6.20. The minimum atomic E-state index is -4.09. The predicted molar refractivity (Wildman–Crippen MR) is 124 cm³/mol. The van der Waals surface area contributed by atoms with Gasteiger partial charge in [0, 0.05) is 23.4 Å². The van der Waals surface area contributed by atoms with E-state index in [0.29, 0.717) is 17.7 Å². The summed E-state index contributed by atoms with van der Waals surface area (Å²) in [7, 11) is -2.68. The Balaban J connectivity index is 1.70. The van der Waals surface area contributed by atoms with Gasteiger partial charge in [-0.3, -0.25) is 9.10 Å². The summed E-state index contributed by atoms with van der Waals surface area (Å²) in [5.41, 5.74) is 1.11. The third kappa shape index (κ3) is 4.29. The minimum absolute atomic E-state index is 0.0517. The predicted octanol–water partition coefficient (Wildman–Crippen LogP) is 4.19. The van der Waals surface area contributed by atoms with Crippen molar-refractivity contribution in [3.63, 3.8) is 0 Å². The molecule has 0 atom stereocenters. The fourth-order valence-electron chi connectivity index (χ4n) is 3.73. The number of rotatable bonds is 6. The van der Waals surface area contributed by atoms with E-state index in [1.54, 1.807) is 0 Å². The number of ether oxygens (including phenoxy) is 1. The van der Waals surface area contributed by atoms with Gasteiger partial charge in [0.2, 0.25) is 0 Å². The number of hydrogen-bond acceptors (Lipinski definition) is 5. The molecule has 3 aromatic rings. The molecule has 34 heavy (non-hydrogen) atoms. The number of methoxy groups -OCH3 is 1. The Morgan fingerprint density at radius 2 is 1.91 bits per heavy atom. The maximum atomic E-state index is 13.7. The summed E-state index contributed by atoms with van der Waals surface area (Å²) in [4.78, 5) is 23.9. The highest BCUT2D eigenvalue weighted by molar-refractivity contribution is 7.92. The normalized spacial score (nSPS) is 12.9. The number of sulfonamides is 1. The van der Waals surface area contributed by atoms with Crippen molar-refractivity contribution >= 4 is 44.9 Å². The first-order valence-electron chi connectivity index (χ1n) is 9.95. The van der Waals surface area contributed by atoms with Crippen LogP contribution in [0.1, 0.15) is 26.3 Å². The number of hydrogen-bond donors (Lipinski definition) is 2. The van der Waals surface area contributed by atoms with Crippen LogP contribution in [0.2, 0.25) is 5.02 Å². The second-order valence-electron chi connectivity index (χ2n) is 7.41. The molecule has 0 aliphatic carbocycles. The number of carboxylic acids is 1. The molecule has 4 rings (SSSR count). The van der Waals surface area contributed by atoms with Crippen LogP contribution in [0.4, 0.5) is 15.8 Å². The minimum Gasteiger partial charge on any atom is -0.496 e. The van der Waals surface area contributed by atoms with Crippen LogP contribution >= 0.6 is 11.6 Å². The van der Waals surface area contributed by atoms with E-state index >= 15 is 0 Å². The number of anilines is 2. The summed E-state index contributed by atoms with van der Waals surface area (Å²) in [5, 5.41) is 11.7. The van der Waals surface area contributed by atoms with Crippen molar-refractivity contribution in [1.82, 2.24) is 0 Å². The van der Waals surface area contributed by atoms with E-state index in [-0.39, 0.29) is 39.0 Å². The fourth-order valence-corrected chi connectivity index (χ4v) is 5.51. The molecule has 3 aromatic carbocycles. The second kappa shape index (κ2) is 8.96. The van der Waals surface area contributed by atoms with E-state index in [9.17, 15) is 22.4 Å². The molecule has 1 heterocycles. The van der Waals surface area contributed by atoms with E-state index in [0.717, 1.165) is 16.4 Å². The molecule has 0 unspecified atom stereocenters. The molecule has 8 nitrogen and oxygen atoms in total. The van der Waals surface area contributed by atoms with Crippen LogP contribution < -0.4 is 14.4 Å². The SMILES string of the molecule is COc1cc(C(=O)Nc2ccc(C(=O)O)c(Cl)c2)cc2c1CCN2S(=O)(=O)c1cccc(F)c1. The molecule has 11 heteroatoms. The Bertz CT molecular complexity index is 1430. The van der Waals surface area contributed by atoms with Crippen molar-refractivity contribution in [1.29, 1.82) is 0 Å². The Labute approximate surface area is 199 Å². The van der Waals surface area contributed by atoms with Crippen LogP contribution in [-0.4, -0.2) is 39.1 Å². The third-order valence-electron chi connectivity index (χ3n) is 5.34. The molecule has 176 valence electrons. The molecule has 1 aliphatic heterocycles. The molecular formula is C23H18ClFN2O6S. The highest BCUT2D eigenvalue weighted by Crippen LogP contribution is 2.39. The molecule has 0 aromatic heterocycles. The number of nitrogens with zero attached hydrogens (tertiary/aromatic N) is 1. The fraction of sp³-hybridized carbons (Fsp3) is 0.130. The second-order valence-corrected chi connectivity index (χ2v) is 9.68. The molecule has 1 amide bonds. The molecular weight excluding hydrogens is 487 g/mol. The molecule has 1 aliphatic rings. The van der Waals surface area contributed by atoms with Crippen molar-refractivity contribution in [2.75, 3.05) is 23.3 Å². The lowest BCUT2D eigenvalue weighted by Gasteiger charge is -2.21. The quantitative estimate of drug-likeness (QED) is 0.520. The summed E-state index contributed by atoms with van der Waals surface area (Å²) in [5.74, 6) is -2.14. The Hall–Kier alpha value is -3.63. The number of fused-ring (bicyclic) bond motifs is 1. The highest BCUT2D eigenvalue weighted by Gasteiger charge is 2.34. The highest BCUT2D eigenvalue weighted by atomic mass is 35.5. The van der Waals surface area contributed by atoms with Gasteiger partial charge in [-0.2, -0.15) is 0 Å². The van der Waals surface area contributed by atoms with Gasteiger partial charge in [-0.25, -0.2) is 17.6 Å². The number of halogens is 2. The van der Waals surface area contributed by atoms with Gasteiger partial charge < -0.3 is 15.2 Å². The van der Waals surface area contributed by atoms with Crippen LogP contribution in [0.15, 0.2) is 59.5 Å². The van der Waals surface area contributed by atoms with Gasteiger partial charge in [-0.15, -0.1) is 0 Å².